The summed E-state index contributed by atoms with van der Waals surface area (Å²) in [6.45, 7) is 1.41. The Morgan fingerprint density at radius 1 is 1.03 bits per heavy atom. The SMILES string of the molecule is CC(=O)c1ccc(Cl)c(NCC(=O)Nc2ccccc2C(=O)NC2CCCC2)c1. The number of carbonyl (C=O) groups excluding carboxylic acids is 3. The Hall–Kier alpha value is -2.86. The van der Waals surface area contributed by atoms with Crippen LogP contribution >= 0.6 is 11.6 Å². The molecule has 3 N–H and O–H groups in total. The van der Waals surface area contributed by atoms with Gasteiger partial charge < -0.3 is 16.0 Å². The molecule has 0 aromatic heterocycles. The molecule has 1 aliphatic carbocycles. The second-order valence-corrected chi connectivity index (χ2v) is 7.56. The number of amides is 2. The van der Waals surface area contributed by atoms with E-state index in [-0.39, 0.29) is 30.2 Å². The van der Waals surface area contributed by atoms with Gasteiger partial charge >= 0.3 is 0 Å². The van der Waals surface area contributed by atoms with Crippen LogP contribution < -0.4 is 16.0 Å². The van der Waals surface area contributed by atoms with E-state index in [9.17, 15) is 14.4 Å². The highest BCUT2D eigenvalue weighted by molar-refractivity contribution is 6.33. The highest BCUT2D eigenvalue weighted by Crippen LogP contribution is 2.23. The van der Waals surface area contributed by atoms with Crippen LogP contribution in [0.3, 0.4) is 0 Å². The molecule has 0 unspecified atom stereocenters. The fraction of sp³-hybridized carbons (Fsp3) is 0.318. The number of ketones is 1. The second kappa shape index (κ2) is 9.56. The summed E-state index contributed by atoms with van der Waals surface area (Å²) in [7, 11) is 0. The van der Waals surface area contributed by atoms with E-state index in [1.807, 2.05) is 0 Å². The molecule has 1 aliphatic rings. The Labute approximate surface area is 175 Å². The number of rotatable bonds is 7. The lowest BCUT2D eigenvalue weighted by atomic mass is 10.1. The van der Waals surface area contributed by atoms with Gasteiger partial charge in [-0.2, -0.15) is 0 Å². The lowest BCUT2D eigenvalue weighted by molar-refractivity contribution is -0.114. The highest BCUT2D eigenvalue weighted by atomic mass is 35.5. The van der Waals surface area contributed by atoms with Gasteiger partial charge in [0.15, 0.2) is 5.78 Å². The molecule has 6 nitrogen and oxygen atoms in total. The molecule has 0 atom stereocenters. The maximum atomic E-state index is 12.6. The van der Waals surface area contributed by atoms with E-state index < -0.39 is 0 Å². The van der Waals surface area contributed by atoms with Gasteiger partial charge in [0.2, 0.25) is 5.91 Å². The fourth-order valence-corrected chi connectivity index (χ4v) is 3.56. The predicted octanol–water partition coefficient (Wildman–Crippen LogP) is 4.27. The van der Waals surface area contributed by atoms with Crippen molar-refractivity contribution in [1.82, 2.24) is 5.32 Å². The molecule has 2 amide bonds. The van der Waals surface area contributed by atoms with E-state index in [1.54, 1.807) is 42.5 Å². The number of Topliss-reactive ketones (excluding diaryl/α,β-unsaturated/α-hetero) is 1. The molecule has 7 heteroatoms. The van der Waals surface area contributed by atoms with Crippen molar-refractivity contribution in [1.29, 1.82) is 0 Å². The van der Waals surface area contributed by atoms with Gasteiger partial charge in [-0.15, -0.1) is 0 Å². The number of carbonyl (C=O) groups is 3. The van der Waals surface area contributed by atoms with Crippen LogP contribution in [0.25, 0.3) is 0 Å². The number of benzene rings is 2. The molecule has 0 heterocycles. The Balaban J connectivity index is 1.63. The van der Waals surface area contributed by atoms with Crippen LogP contribution in [0.1, 0.15) is 53.3 Å². The van der Waals surface area contributed by atoms with Gasteiger partial charge in [0, 0.05) is 11.6 Å². The van der Waals surface area contributed by atoms with Crippen molar-refractivity contribution >= 4 is 40.6 Å². The average Bonchev–Trinajstić information content (AvgIpc) is 3.20. The first-order chi connectivity index (χ1) is 13.9. The molecule has 2 aromatic rings. The third-order valence-electron chi connectivity index (χ3n) is 4.95. The summed E-state index contributed by atoms with van der Waals surface area (Å²) in [5.41, 5.74) is 1.90. The highest BCUT2D eigenvalue weighted by Gasteiger charge is 2.20. The van der Waals surface area contributed by atoms with Crippen LogP contribution in [0.4, 0.5) is 11.4 Å². The van der Waals surface area contributed by atoms with E-state index >= 15 is 0 Å². The number of hydrogen-bond donors (Lipinski definition) is 3. The monoisotopic (exact) mass is 413 g/mol. The van der Waals surface area contributed by atoms with E-state index in [0.29, 0.717) is 27.5 Å². The zero-order valence-electron chi connectivity index (χ0n) is 16.3. The quantitative estimate of drug-likeness (QED) is 0.591. The molecule has 29 heavy (non-hydrogen) atoms. The molecular weight excluding hydrogens is 390 g/mol. The molecule has 3 rings (SSSR count). The van der Waals surface area contributed by atoms with Crippen molar-refractivity contribution in [2.45, 2.75) is 38.6 Å². The minimum absolute atomic E-state index is 0.0559. The molecule has 152 valence electrons. The maximum absolute atomic E-state index is 12.6. The Morgan fingerprint density at radius 2 is 1.76 bits per heavy atom. The Bertz CT molecular complexity index is 923. The van der Waals surface area contributed by atoms with Gasteiger partial charge in [-0.1, -0.05) is 36.6 Å². The first-order valence-corrected chi connectivity index (χ1v) is 10.1. The normalized spacial score (nSPS) is 13.7. The summed E-state index contributed by atoms with van der Waals surface area (Å²) < 4.78 is 0. The number of nitrogens with one attached hydrogen (secondary N) is 3. The summed E-state index contributed by atoms with van der Waals surface area (Å²) in [5, 5.41) is 9.16. The van der Waals surface area contributed by atoms with Crippen LogP contribution in [-0.2, 0) is 4.79 Å². The summed E-state index contributed by atoms with van der Waals surface area (Å²) in [5.74, 6) is -0.593. The molecule has 0 spiro atoms. The van der Waals surface area contributed by atoms with E-state index in [2.05, 4.69) is 16.0 Å². The zero-order valence-corrected chi connectivity index (χ0v) is 17.0. The molecule has 0 aliphatic heterocycles. The molecule has 2 aromatic carbocycles. The summed E-state index contributed by atoms with van der Waals surface area (Å²) in [6.07, 6.45) is 4.24. The number of anilines is 2. The van der Waals surface area contributed by atoms with Crippen LogP contribution in [-0.4, -0.2) is 30.2 Å². The van der Waals surface area contributed by atoms with Crippen molar-refractivity contribution in [2.24, 2.45) is 0 Å². The Morgan fingerprint density at radius 3 is 2.48 bits per heavy atom. The van der Waals surface area contributed by atoms with Gasteiger partial charge in [0.05, 0.1) is 28.5 Å². The van der Waals surface area contributed by atoms with Gasteiger partial charge in [-0.3, -0.25) is 14.4 Å². The third kappa shape index (κ3) is 5.57. The van der Waals surface area contributed by atoms with Crippen molar-refractivity contribution in [3.63, 3.8) is 0 Å². The van der Waals surface area contributed by atoms with E-state index in [0.717, 1.165) is 25.7 Å². The van der Waals surface area contributed by atoms with Gasteiger partial charge in [-0.25, -0.2) is 0 Å². The summed E-state index contributed by atoms with van der Waals surface area (Å²) in [4.78, 5) is 36.5. The molecule has 0 bridgehead atoms. The van der Waals surface area contributed by atoms with Crippen molar-refractivity contribution < 1.29 is 14.4 Å². The topological polar surface area (TPSA) is 87.3 Å². The first-order valence-electron chi connectivity index (χ1n) is 9.68. The smallest absolute Gasteiger partial charge is 0.253 e. The average molecular weight is 414 g/mol. The lowest BCUT2D eigenvalue weighted by Crippen LogP contribution is -2.33. The molecule has 0 radical (unpaired) electrons. The molecule has 1 saturated carbocycles. The predicted molar refractivity (Wildman–Crippen MR) is 115 cm³/mol. The van der Waals surface area contributed by atoms with Crippen LogP contribution in [0.2, 0.25) is 5.02 Å². The number of halogens is 1. The van der Waals surface area contributed by atoms with Crippen molar-refractivity contribution in [2.75, 3.05) is 17.2 Å². The minimum atomic E-state index is -0.324. The minimum Gasteiger partial charge on any atom is -0.375 e. The standard InChI is InChI=1S/C22H24ClN3O3/c1-14(27)15-10-11-18(23)20(12-15)24-13-21(28)26-19-9-5-4-8-17(19)22(29)25-16-6-2-3-7-16/h4-5,8-12,16,24H,2-3,6-7,13H2,1H3,(H,25,29)(H,26,28). The zero-order chi connectivity index (χ0) is 20.8. The molecule has 1 fully saturated rings. The van der Waals surface area contributed by atoms with E-state index in [1.165, 1.54) is 6.92 Å². The van der Waals surface area contributed by atoms with Gasteiger partial charge in [0.25, 0.3) is 5.91 Å². The van der Waals surface area contributed by atoms with Crippen LogP contribution in [0, 0.1) is 0 Å². The second-order valence-electron chi connectivity index (χ2n) is 7.15. The fourth-order valence-electron chi connectivity index (χ4n) is 3.37. The Kier molecular flexibility index (Phi) is 6.88. The lowest BCUT2D eigenvalue weighted by Gasteiger charge is -2.15. The van der Waals surface area contributed by atoms with Gasteiger partial charge in [0.1, 0.15) is 0 Å². The largest absolute Gasteiger partial charge is 0.375 e. The van der Waals surface area contributed by atoms with Crippen molar-refractivity contribution in [3.8, 4) is 0 Å². The van der Waals surface area contributed by atoms with E-state index in [4.69, 9.17) is 11.6 Å². The van der Waals surface area contributed by atoms with Gasteiger partial charge in [-0.05, 0) is 50.1 Å². The summed E-state index contributed by atoms with van der Waals surface area (Å²) in [6, 6.07) is 12.0. The first kappa shape index (κ1) is 20.9. The van der Waals surface area contributed by atoms with Crippen LogP contribution in [0.15, 0.2) is 42.5 Å². The van der Waals surface area contributed by atoms with Crippen LogP contribution in [0.5, 0.6) is 0 Å². The molecule has 0 saturated heterocycles. The summed E-state index contributed by atoms with van der Waals surface area (Å²) >= 11 is 6.13. The third-order valence-corrected chi connectivity index (χ3v) is 5.28. The molecular formula is C22H24ClN3O3. The maximum Gasteiger partial charge on any atom is 0.253 e. The van der Waals surface area contributed by atoms with Crippen molar-refractivity contribution in [3.05, 3.63) is 58.6 Å². The number of para-hydroxylation sites is 1. The number of hydrogen-bond acceptors (Lipinski definition) is 4.